The Labute approximate surface area is 342 Å². The van der Waals surface area contributed by atoms with Crippen LogP contribution in [0.1, 0.15) is 194 Å². The average molecular weight is 805 g/mol. The third-order valence-electron chi connectivity index (χ3n) is 9.21. The molecule has 0 aromatic carbocycles. The third kappa shape index (κ3) is 44.2. The second kappa shape index (κ2) is 42.1. The van der Waals surface area contributed by atoms with Crippen molar-refractivity contribution < 1.29 is 37.9 Å². The van der Waals surface area contributed by atoms with Crippen LogP contribution in [-0.4, -0.2) is 41.0 Å². The lowest BCUT2D eigenvalue weighted by atomic mass is 10.1. The van der Waals surface area contributed by atoms with Crippen LogP contribution in [0.25, 0.3) is 0 Å². The lowest BCUT2D eigenvalue weighted by molar-refractivity contribution is -0.161. The molecular formula is C47H81O8P. The van der Waals surface area contributed by atoms with E-state index in [2.05, 4.69) is 85.2 Å². The molecule has 1 atom stereocenters. The van der Waals surface area contributed by atoms with Crippen LogP contribution in [0.5, 0.6) is 0 Å². The van der Waals surface area contributed by atoms with Gasteiger partial charge in [0.1, 0.15) is 6.61 Å². The van der Waals surface area contributed by atoms with E-state index >= 15 is 0 Å². The standard InChI is InChI=1S/C47H81O8P/c1-3-5-7-9-11-13-15-17-19-21-22-23-24-26-27-29-31-33-35-37-39-41-46(48)53-43-45(44-54-56(50,51)52)55-47(49)42-40-38-36-34-32-30-28-25-20-18-16-14-12-10-8-6-4-2/h6,8,12,14,18,20-22,28,30,34,36,45H,3-5,7,9-11,13,15-17,19,23-27,29,31-33,35,37-44H2,1-2H3,(H2,50,51,52)/b8-6-,14-12-,20-18-,22-21-,30-28-,36-34-. The third-order valence-corrected chi connectivity index (χ3v) is 9.69. The van der Waals surface area contributed by atoms with Crippen molar-refractivity contribution in [1.29, 1.82) is 0 Å². The molecule has 0 saturated carbocycles. The predicted octanol–water partition coefficient (Wildman–Crippen LogP) is 13.9. The fourth-order valence-electron chi connectivity index (χ4n) is 5.93. The van der Waals surface area contributed by atoms with Crippen LogP contribution >= 0.6 is 7.82 Å². The molecule has 2 N–H and O–H groups in total. The maximum absolute atomic E-state index is 12.4. The van der Waals surface area contributed by atoms with Crippen LogP contribution in [0.4, 0.5) is 0 Å². The predicted molar refractivity (Wildman–Crippen MR) is 234 cm³/mol. The van der Waals surface area contributed by atoms with Crippen molar-refractivity contribution in [2.24, 2.45) is 0 Å². The number of ether oxygens (including phenoxy) is 2. The molecule has 56 heavy (non-hydrogen) atoms. The number of unbranched alkanes of at least 4 members (excludes halogenated alkanes) is 18. The number of hydrogen-bond acceptors (Lipinski definition) is 6. The molecule has 0 aliphatic rings. The van der Waals surface area contributed by atoms with E-state index in [0.29, 0.717) is 19.3 Å². The zero-order valence-electron chi connectivity index (χ0n) is 35.5. The highest BCUT2D eigenvalue weighted by molar-refractivity contribution is 7.46. The Kier molecular flexibility index (Phi) is 40.2. The van der Waals surface area contributed by atoms with Crippen molar-refractivity contribution >= 4 is 19.8 Å². The smallest absolute Gasteiger partial charge is 0.462 e. The number of hydrogen-bond donors (Lipinski definition) is 2. The van der Waals surface area contributed by atoms with Gasteiger partial charge in [0.25, 0.3) is 0 Å². The topological polar surface area (TPSA) is 119 Å². The number of allylic oxidation sites excluding steroid dienone is 12. The second-order valence-corrected chi connectivity index (χ2v) is 15.9. The Morgan fingerprint density at radius 1 is 0.482 bits per heavy atom. The first-order chi connectivity index (χ1) is 27.3. The lowest BCUT2D eigenvalue weighted by Crippen LogP contribution is -2.29. The van der Waals surface area contributed by atoms with Gasteiger partial charge in [-0.15, -0.1) is 0 Å². The minimum Gasteiger partial charge on any atom is -0.462 e. The number of esters is 2. The molecule has 0 rings (SSSR count). The van der Waals surface area contributed by atoms with Gasteiger partial charge in [-0.2, -0.15) is 0 Å². The summed E-state index contributed by atoms with van der Waals surface area (Å²) >= 11 is 0. The van der Waals surface area contributed by atoms with Gasteiger partial charge in [-0.1, -0.05) is 177 Å². The summed E-state index contributed by atoms with van der Waals surface area (Å²) < 4.78 is 26.4. The van der Waals surface area contributed by atoms with Crippen LogP contribution in [0.3, 0.4) is 0 Å². The molecule has 0 radical (unpaired) electrons. The van der Waals surface area contributed by atoms with Crippen LogP contribution < -0.4 is 0 Å². The lowest BCUT2D eigenvalue weighted by Gasteiger charge is -2.18. The molecule has 0 bridgehead atoms. The zero-order chi connectivity index (χ0) is 41.1. The van der Waals surface area contributed by atoms with E-state index in [1.807, 2.05) is 6.08 Å². The molecule has 0 aromatic heterocycles. The Morgan fingerprint density at radius 3 is 1.36 bits per heavy atom. The second-order valence-electron chi connectivity index (χ2n) is 14.6. The molecule has 0 aromatic rings. The fourth-order valence-corrected chi connectivity index (χ4v) is 6.29. The van der Waals surface area contributed by atoms with Crippen molar-refractivity contribution in [3.8, 4) is 0 Å². The molecule has 322 valence electrons. The van der Waals surface area contributed by atoms with Gasteiger partial charge < -0.3 is 19.3 Å². The van der Waals surface area contributed by atoms with E-state index in [-0.39, 0.29) is 19.4 Å². The molecule has 0 aliphatic carbocycles. The highest BCUT2D eigenvalue weighted by Gasteiger charge is 2.22. The summed E-state index contributed by atoms with van der Waals surface area (Å²) in [5.74, 6) is -0.957. The number of carbonyl (C=O) groups is 2. The number of phosphoric acid groups is 1. The largest absolute Gasteiger partial charge is 0.469 e. The summed E-state index contributed by atoms with van der Waals surface area (Å²) in [7, 11) is -4.78. The minimum absolute atomic E-state index is 0.130. The molecule has 9 heteroatoms. The molecule has 0 heterocycles. The first kappa shape index (κ1) is 53.5. The molecule has 1 unspecified atom stereocenters. The summed E-state index contributed by atoms with van der Waals surface area (Å²) in [6, 6.07) is 0. The van der Waals surface area contributed by atoms with Crippen molar-refractivity contribution in [2.75, 3.05) is 13.2 Å². The van der Waals surface area contributed by atoms with Gasteiger partial charge >= 0.3 is 19.8 Å². The molecule has 0 aliphatic heterocycles. The maximum atomic E-state index is 12.4. The van der Waals surface area contributed by atoms with E-state index in [4.69, 9.17) is 19.3 Å². The monoisotopic (exact) mass is 805 g/mol. The van der Waals surface area contributed by atoms with E-state index < -0.39 is 32.5 Å². The van der Waals surface area contributed by atoms with E-state index in [1.54, 1.807) is 0 Å². The highest BCUT2D eigenvalue weighted by Crippen LogP contribution is 2.36. The molecule has 0 spiro atoms. The van der Waals surface area contributed by atoms with Crippen LogP contribution in [0.2, 0.25) is 0 Å². The summed E-state index contributed by atoms with van der Waals surface area (Å²) in [6.07, 6.45) is 54.9. The van der Waals surface area contributed by atoms with Crippen LogP contribution in [-0.2, 0) is 28.2 Å². The zero-order valence-corrected chi connectivity index (χ0v) is 36.4. The molecule has 0 fully saturated rings. The quantitative estimate of drug-likeness (QED) is 0.0272. The number of phosphoric ester groups is 1. The Balaban J connectivity index is 3.96. The molecule has 8 nitrogen and oxygen atoms in total. The normalized spacial score (nSPS) is 13.1. The van der Waals surface area contributed by atoms with E-state index in [9.17, 15) is 14.2 Å². The maximum Gasteiger partial charge on any atom is 0.469 e. The number of rotatable bonds is 40. The van der Waals surface area contributed by atoms with Gasteiger partial charge in [-0.25, -0.2) is 4.57 Å². The first-order valence-corrected chi connectivity index (χ1v) is 23.8. The van der Waals surface area contributed by atoms with Gasteiger partial charge in [0, 0.05) is 12.8 Å². The van der Waals surface area contributed by atoms with Crippen molar-refractivity contribution in [3.63, 3.8) is 0 Å². The Hall–Kier alpha value is -2.51. The Morgan fingerprint density at radius 2 is 0.875 bits per heavy atom. The van der Waals surface area contributed by atoms with Crippen molar-refractivity contribution in [3.05, 3.63) is 72.9 Å². The molecule has 0 amide bonds. The molecule has 0 saturated heterocycles. The van der Waals surface area contributed by atoms with E-state index in [1.165, 1.54) is 96.3 Å². The summed E-state index contributed by atoms with van der Waals surface area (Å²) in [6.45, 7) is 3.53. The summed E-state index contributed by atoms with van der Waals surface area (Å²) in [4.78, 5) is 42.9. The van der Waals surface area contributed by atoms with Gasteiger partial charge in [0.2, 0.25) is 0 Å². The minimum atomic E-state index is -4.78. The van der Waals surface area contributed by atoms with Crippen molar-refractivity contribution in [2.45, 2.75) is 200 Å². The average Bonchev–Trinajstić information content (AvgIpc) is 3.17. The van der Waals surface area contributed by atoms with Crippen molar-refractivity contribution in [1.82, 2.24) is 0 Å². The first-order valence-electron chi connectivity index (χ1n) is 22.2. The van der Waals surface area contributed by atoms with Gasteiger partial charge in [0.05, 0.1) is 6.61 Å². The van der Waals surface area contributed by atoms with Gasteiger partial charge in [0.15, 0.2) is 6.10 Å². The Bertz CT molecular complexity index is 1130. The van der Waals surface area contributed by atoms with Gasteiger partial charge in [-0.3, -0.25) is 14.1 Å². The highest BCUT2D eigenvalue weighted by atomic mass is 31.2. The van der Waals surface area contributed by atoms with E-state index in [0.717, 1.165) is 51.4 Å². The molecular weight excluding hydrogens is 723 g/mol. The SMILES string of the molecule is CC/C=C\C/C=C\C/C=C\C/C=C\C/C=C\CCCC(=O)OC(COC(=O)CCCCCCCCCCC/C=C\CCCCCCCCCC)COP(=O)(O)O. The summed E-state index contributed by atoms with van der Waals surface area (Å²) in [5.41, 5.74) is 0. The van der Waals surface area contributed by atoms with Crippen LogP contribution in [0.15, 0.2) is 72.9 Å². The van der Waals surface area contributed by atoms with Crippen LogP contribution in [0, 0.1) is 0 Å². The fraction of sp³-hybridized carbons (Fsp3) is 0.702. The number of carbonyl (C=O) groups excluding carboxylic acids is 2. The summed E-state index contributed by atoms with van der Waals surface area (Å²) in [5, 5.41) is 0. The van der Waals surface area contributed by atoms with Gasteiger partial charge in [-0.05, 0) is 77.0 Å².